The van der Waals surface area contributed by atoms with Gasteiger partial charge in [0, 0.05) is 35.5 Å². The minimum Gasteiger partial charge on any atom is -0.484 e. The van der Waals surface area contributed by atoms with Crippen LogP contribution < -0.4 is 14.8 Å². The molecule has 32 heavy (non-hydrogen) atoms. The molecule has 1 fully saturated rings. The highest BCUT2D eigenvalue weighted by Gasteiger charge is 2.18. The summed E-state index contributed by atoms with van der Waals surface area (Å²) in [6, 6.07) is 17.5. The Bertz CT molecular complexity index is 1100. The Morgan fingerprint density at radius 3 is 2.56 bits per heavy atom. The molecule has 7 nitrogen and oxygen atoms in total. The normalized spacial score (nSPS) is 13.0. The summed E-state index contributed by atoms with van der Waals surface area (Å²) in [5, 5.41) is 2.83. The van der Waals surface area contributed by atoms with E-state index in [1.54, 1.807) is 59.6 Å². The fraction of sp³-hybridized carbons (Fsp3) is 0.208. The van der Waals surface area contributed by atoms with Gasteiger partial charge in [-0.05, 0) is 61.4 Å². The fourth-order valence-corrected chi connectivity index (χ4v) is 3.59. The number of nitrogens with zero attached hydrogens (tertiary/aromatic N) is 2. The number of likely N-dealkylation sites (tertiary alicyclic amines) is 1. The van der Waals surface area contributed by atoms with Crippen molar-refractivity contribution < 1.29 is 19.1 Å². The minimum absolute atomic E-state index is 0.0226. The van der Waals surface area contributed by atoms with Crippen molar-refractivity contribution in [2.24, 2.45) is 0 Å². The van der Waals surface area contributed by atoms with Crippen LogP contribution in [-0.2, 0) is 4.79 Å². The number of hydrogen-bond donors (Lipinski definition) is 1. The zero-order chi connectivity index (χ0) is 22.3. The Morgan fingerprint density at radius 2 is 1.78 bits per heavy atom. The lowest BCUT2D eigenvalue weighted by Crippen LogP contribution is -2.32. The first-order valence-electron chi connectivity index (χ1n) is 10.3. The van der Waals surface area contributed by atoms with Gasteiger partial charge < -0.3 is 19.7 Å². The van der Waals surface area contributed by atoms with Crippen molar-refractivity contribution in [3.8, 4) is 17.4 Å². The Morgan fingerprint density at radius 1 is 1.00 bits per heavy atom. The third kappa shape index (κ3) is 5.64. The zero-order valence-electron chi connectivity index (χ0n) is 17.3. The Balaban J connectivity index is 1.41. The quantitative estimate of drug-likeness (QED) is 0.504. The highest BCUT2D eigenvalue weighted by atomic mass is 79.9. The van der Waals surface area contributed by atoms with Crippen molar-refractivity contribution in [3.05, 3.63) is 76.9 Å². The molecule has 1 aliphatic rings. The second kappa shape index (κ2) is 10.3. The average molecular weight is 496 g/mol. The van der Waals surface area contributed by atoms with Gasteiger partial charge in [0.1, 0.15) is 17.1 Å². The molecule has 1 aliphatic heterocycles. The molecule has 0 aliphatic carbocycles. The van der Waals surface area contributed by atoms with Crippen LogP contribution in [0.2, 0.25) is 0 Å². The molecule has 0 bridgehead atoms. The van der Waals surface area contributed by atoms with Crippen molar-refractivity contribution in [1.82, 2.24) is 9.88 Å². The van der Waals surface area contributed by atoms with Gasteiger partial charge in [0.25, 0.3) is 11.8 Å². The van der Waals surface area contributed by atoms with Crippen LogP contribution in [0.4, 0.5) is 5.69 Å². The van der Waals surface area contributed by atoms with E-state index in [2.05, 4.69) is 26.2 Å². The number of hydrogen-bond acceptors (Lipinski definition) is 5. The SMILES string of the molecule is O=C(Nc1cccc(OCC(=O)N2CCCC2)c1)c1cccnc1Oc1ccc(Br)cc1. The molecule has 0 unspecified atom stereocenters. The molecule has 4 rings (SSSR count). The molecule has 2 aromatic carbocycles. The topological polar surface area (TPSA) is 80.8 Å². The number of rotatable bonds is 7. The van der Waals surface area contributed by atoms with E-state index in [-0.39, 0.29) is 24.3 Å². The summed E-state index contributed by atoms with van der Waals surface area (Å²) >= 11 is 3.38. The van der Waals surface area contributed by atoms with E-state index in [4.69, 9.17) is 9.47 Å². The number of amides is 2. The maximum Gasteiger partial charge on any atom is 0.261 e. The molecule has 1 aromatic heterocycles. The second-order valence-electron chi connectivity index (χ2n) is 7.27. The van der Waals surface area contributed by atoms with Crippen LogP contribution in [0.1, 0.15) is 23.2 Å². The smallest absolute Gasteiger partial charge is 0.261 e. The lowest BCUT2D eigenvalue weighted by atomic mass is 10.2. The molecule has 2 heterocycles. The second-order valence-corrected chi connectivity index (χ2v) is 8.19. The van der Waals surface area contributed by atoms with Crippen molar-refractivity contribution in [2.45, 2.75) is 12.8 Å². The fourth-order valence-electron chi connectivity index (χ4n) is 3.32. The average Bonchev–Trinajstić information content (AvgIpc) is 3.35. The van der Waals surface area contributed by atoms with E-state index in [1.165, 1.54) is 0 Å². The molecular formula is C24H22BrN3O4. The van der Waals surface area contributed by atoms with Crippen LogP contribution in [-0.4, -0.2) is 41.4 Å². The number of pyridine rings is 1. The van der Waals surface area contributed by atoms with Gasteiger partial charge in [-0.25, -0.2) is 4.98 Å². The molecular weight excluding hydrogens is 474 g/mol. The molecule has 2 amide bonds. The third-order valence-electron chi connectivity index (χ3n) is 4.96. The van der Waals surface area contributed by atoms with Crippen LogP contribution in [0.25, 0.3) is 0 Å². The van der Waals surface area contributed by atoms with Crippen LogP contribution in [0.15, 0.2) is 71.3 Å². The van der Waals surface area contributed by atoms with Crippen molar-refractivity contribution in [2.75, 3.05) is 25.0 Å². The summed E-state index contributed by atoms with van der Waals surface area (Å²) in [6.07, 6.45) is 3.64. The number of ether oxygens (including phenoxy) is 2. The van der Waals surface area contributed by atoms with Gasteiger partial charge in [-0.15, -0.1) is 0 Å². The van der Waals surface area contributed by atoms with Gasteiger partial charge in [-0.1, -0.05) is 22.0 Å². The minimum atomic E-state index is -0.365. The Kier molecular flexibility index (Phi) is 7.01. The number of nitrogens with one attached hydrogen (secondary N) is 1. The Labute approximate surface area is 194 Å². The van der Waals surface area contributed by atoms with Gasteiger partial charge >= 0.3 is 0 Å². The summed E-state index contributed by atoms with van der Waals surface area (Å²) in [4.78, 5) is 31.1. The number of benzene rings is 2. The van der Waals surface area contributed by atoms with E-state index < -0.39 is 0 Å². The highest BCUT2D eigenvalue weighted by Crippen LogP contribution is 2.26. The lowest BCUT2D eigenvalue weighted by Gasteiger charge is -2.16. The maximum atomic E-state index is 12.9. The number of halogens is 1. The van der Waals surface area contributed by atoms with Gasteiger partial charge in [-0.2, -0.15) is 0 Å². The molecule has 1 N–H and O–H groups in total. The van der Waals surface area contributed by atoms with Crippen molar-refractivity contribution >= 4 is 33.4 Å². The molecule has 8 heteroatoms. The molecule has 0 saturated carbocycles. The van der Waals surface area contributed by atoms with E-state index in [0.717, 1.165) is 30.4 Å². The summed E-state index contributed by atoms with van der Waals surface area (Å²) in [6.45, 7) is 1.55. The first kappa shape index (κ1) is 21.8. The summed E-state index contributed by atoms with van der Waals surface area (Å²) in [5.74, 6) is 0.889. The molecule has 164 valence electrons. The van der Waals surface area contributed by atoms with Crippen LogP contribution >= 0.6 is 15.9 Å². The number of anilines is 1. The van der Waals surface area contributed by atoms with E-state index in [0.29, 0.717) is 22.7 Å². The molecule has 3 aromatic rings. The predicted molar refractivity (Wildman–Crippen MR) is 124 cm³/mol. The first-order chi connectivity index (χ1) is 15.6. The van der Waals surface area contributed by atoms with Crippen molar-refractivity contribution in [3.63, 3.8) is 0 Å². The predicted octanol–water partition coefficient (Wildman–Crippen LogP) is 4.89. The lowest BCUT2D eigenvalue weighted by molar-refractivity contribution is -0.132. The molecule has 0 radical (unpaired) electrons. The summed E-state index contributed by atoms with van der Waals surface area (Å²) in [7, 11) is 0. The number of aromatic nitrogens is 1. The molecule has 1 saturated heterocycles. The highest BCUT2D eigenvalue weighted by molar-refractivity contribution is 9.10. The van der Waals surface area contributed by atoms with Gasteiger partial charge in [0.2, 0.25) is 5.88 Å². The molecule has 0 spiro atoms. The van der Waals surface area contributed by atoms with Gasteiger partial charge in [0.05, 0.1) is 0 Å². The number of carbonyl (C=O) groups is 2. The van der Waals surface area contributed by atoms with E-state index in [9.17, 15) is 9.59 Å². The van der Waals surface area contributed by atoms with E-state index in [1.807, 2.05) is 12.1 Å². The molecule has 0 atom stereocenters. The monoisotopic (exact) mass is 495 g/mol. The summed E-state index contributed by atoms with van der Waals surface area (Å²) in [5.41, 5.74) is 0.838. The van der Waals surface area contributed by atoms with Gasteiger partial charge in [-0.3, -0.25) is 9.59 Å². The van der Waals surface area contributed by atoms with Gasteiger partial charge in [0.15, 0.2) is 6.61 Å². The Hall–Kier alpha value is -3.39. The van der Waals surface area contributed by atoms with Crippen LogP contribution in [0, 0.1) is 0 Å². The number of carbonyl (C=O) groups excluding carboxylic acids is 2. The van der Waals surface area contributed by atoms with Crippen molar-refractivity contribution in [1.29, 1.82) is 0 Å². The zero-order valence-corrected chi connectivity index (χ0v) is 18.9. The summed E-state index contributed by atoms with van der Waals surface area (Å²) < 4.78 is 12.4. The first-order valence-corrected chi connectivity index (χ1v) is 11.1. The third-order valence-corrected chi connectivity index (χ3v) is 5.49. The van der Waals surface area contributed by atoms with Crippen LogP contribution in [0.3, 0.4) is 0 Å². The standard InChI is InChI=1S/C24H22BrN3O4/c25-17-8-10-19(11-9-17)32-24-21(7-4-12-26-24)23(30)27-18-5-3-6-20(15-18)31-16-22(29)28-13-1-2-14-28/h3-12,15H,1-2,13-14,16H2,(H,27,30). The largest absolute Gasteiger partial charge is 0.484 e. The van der Waals surface area contributed by atoms with Crippen LogP contribution in [0.5, 0.6) is 17.4 Å². The maximum absolute atomic E-state index is 12.9. The van der Waals surface area contributed by atoms with E-state index >= 15 is 0 Å².